The number of rotatable bonds is 5. The molecular formula is C12H23NO2S. The number of aliphatic hydroxyl groups is 1. The Morgan fingerprint density at radius 1 is 1.50 bits per heavy atom. The Labute approximate surface area is 102 Å². The van der Waals surface area contributed by atoms with Gasteiger partial charge in [0.2, 0.25) is 5.91 Å². The maximum Gasteiger partial charge on any atom is 0.233 e. The number of nitrogens with one attached hydrogen (secondary N) is 1. The molecule has 0 aromatic heterocycles. The fourth-order valence-electron chi connectivity index (χ4n) is 1.78. The van der Waals surface area contributed by atoms with Gasteiger partial charge in [-0.25, -0.2) is 0 Å². The number of hydrogen-bond acceptors (Lipinski definition) is 3. The van der Waals surface area contributed by atoms with Crippen molar-refractivity contribution in [2.75, 3.05) is 18.9 Å². The zero-order valence-electron chi connectivity index (χ0n) is 10.3. The molecule has 0 saturated carbocycles. The van der Waals surface area contributed by atoms with Crippen LogP contribution in [0.15, 0.2) is 0 Å². The summed E-state index contributed by atoms with van der Waals surface area (Å²) < 4.78 is 0. The molecule has 94 valence electrons. The first kappa shape index (κ1) is 13.8. The summed E-state index contributed by atoms with van der Waals surface area (Å²) in [6.07, 6.45) is 4.15. The molecule has 3 nitrogen and oxygen atoms in total. The Hall–Kier alpha value is -0.220. The van der Waals surface area contributed by atoms with Crippen LogP contribution in [0.5, 0.6) is 0 Å². The fraction of sp³-hybridized carbons (Fsp3) is 0.917. The van der Waals surface area contributed by atoms with Gasteiger partial charge in [-0.1, -0.05) is 20.3 Å². The van der Waals surface area contributed by atoms with E-state index in [0.29, 0.717) is 6.54 Å². The van der Waals surface area contributed by atoms with Crippen molar-refractivity contribution in [3.05, 3.63) is 0 Å². The standard InChI is InChI=1S/C12H23NO2S/c1-12(2,6-7-14)9-13-11(15)10-5-3-4-8-16-10/h10,14H,3-9H2,1-2H3,(H,13,15). The summed E-state index contributed by atoms with van der Waals surface area (Å²) in [5.41, 5.74) is -0.0102. The minimum atomic E-state index is -0.0102. The molecule has 1 aliphatic rings. The summed E-state index contributed by atoms with van der Waals surface area (Å²) in [7, 11) is 0. The largest absolute Gasteiger partial charge is 0.396 e. The van der Waals surface area contributed by atoms with Gasteiger partial charge in [-0.3, -0.25) is 4.79 Å². The molecule has 2 N–H and O–H groups in total. The first-order valence-electron chi connectivity index (χ1n) is 6.05. The van der Waals surface area contributed by atoms with E-state index < -0.39 is 0 Å². The highest BCUT2D eigenvalue weighted by Crippen LogP contribution is 2.25. The zero-order chi connectivity index (χ0) is 12.0. The molecule has 0 bridgehead atoms. The number of carbonyl (C=O) groups excluding carboxylic acids is 1. The van der Waals surface area contributed by atoms with Crippen molar-refractivity contribution >= 4 is 17.7 Å². The highest BCUT2D eigenvalue weighted by molar-refractivity contribution is 8.00. The van der Waals surface area contributed by atoms with Crippen molar-refractivity contribution in [1.82, 2.24) is 5.32 Å². The summed E-state index contributed by atoms with van der Waals surface area (Å²) in [5, 5.41) is 12.1. The first-order chi connectivity index (χ1) is 7.55. The number of aliphatic hydroxyl groups excluding tert-OH is 1. The summed E-state index contributed by atoms with van der Waals surface area (Å²) in [5.74, 6) is 1.29. The van der Waals surface area contributed by atoms with Crippen molar-refractivity contribution in [2.24, 2.45) is 5.41 Å². The van der Waals surface area contributed by atoms with E-state index in [1.165, 1.54) is 12.8 Å². The second-order valence-corrected chi connectivity index (χ2v) is 6.52. The van der Waals surface area contributed by atoms with E-state index in [1.807, 2.05) is 0 Å². The minimum absolute atomic E-state index is 0.0102. The van der Waals surface area contributed by atoms with E-state index in [-0.39, 0.29) is 23.2 Å². The van der Waals surface area contributed by atoms with Gasteiger partial charge < -0.3 is 10.4 Å². The molecular weight excluding hydrogens is 222 g/mol. The Bertz CT molecular complexity index is 225. The predicted octanol–water partition coefficient (Wildman–Crippen LogP) is 1.80. The lowest BCUT2D eigenvalue weighted by atomic mass is 9.90. The molecule has 4 heteroatoms. The average molecular weight is 245 g/mol. The third-order valence-corrected chi connectivity index (χ3v) is 4.38. The normalized spacial score (nSPS) is 21.8. The third-order valence-electron chi connectivity index (χ3n) is 3.00. The van der Waals surface area contributed by atoms with Crippen molar-refractivity contribution in [3.8, 4) is 0 Å². The lowest BCUT2D eigenvalue weighted by Gasteiger charge is -2.26. The van der Waals surface area contributed by atoms with Crippen molar-refractivity contribution in [2.45, 2.75) is 44.8 Å². The molecule has 1 amide bonds. The van der Waals surface area contributed by atoms with E-state index in [0.717, 1.165) is 18.6 Å². The van der Waals surface area contributed by atoms with Crippen LogP contribution in [-0.4, -0.2) is 35.2 Å². The van der Waals surface area contributed by atoms with Gasteiger partial charge in [0.1, 0.15) is 0 Å². The Morgan fingerprint density at radius 2 is 2.25 bits per heavy atom. The smallest absolute Gasteiger partial charge is 0.233 e. The molecule has 16 heavy (non-hydrogen) atoms. The topological polar surface area (TPSA) is 49.3 Å². The quantitative estimate of drug-likeness (QED) is 0.776. The van der Waals surface area contributed by atoms with E-state index in [4.69, 9.17) is 5.11 Å². The summed E-state index contributed by atoms with van der Waals surface area (Å²) in [6, 6.07) is 0. The summed E-state index contributed by atoms with van der Waals surface area (Å²) in [4.78, 5) is 11.9. The molecule has 1 heterocycles. The van der Waals surface area contributed by atoms with Gasteiger partial charge in [0, 0.05) is 13.2 Å². The van der Waals surface area contributed by atoms with Gasteiger partial charge in [-0.05, 0) is 30.4 Å². The van der Waals surface area contributed by atoms with E-state index in [2.05, 4.69) is 19.2 Å². The van der Waals surface area contributed by atoms with Gasteiger partial charge in [0.05, 0.1) is 5.25 Å². The Balaban J connectivity index is 2.28. The van der Waals surface area contributed by atoms with Crippen LogP contribution in [0.3, 0.4) is 0 Å². The van der Waals surface area contributed by atoms with Gasteiger partial charge in [0.15, 0.2) is 0 Å². The summed E-state index contributed by atoms with van der Waals surface area (Å²) >= 11 is 1.77. The molecule has 1 fully saturated rings. The molecule has 0 aromatic rings. The van der Waals surface area contributed by atoms with Crippen LogP contribution in [0.2, 0.25) is 0 Å². The van der Waals surface area contributed by atoms with Gasteiger partial charge >= 0.3 is 0 Å². The van der Waals surface area contributed by atoms with Crippen LogP contribution < -0.4 is 5.32 Å². The lowest BCUT2D eigenvalue weighted by molar-refractivity contribution is -0.121. The second-order valence-electron chi connectivity index (χ2n) is 5.21. The van der Waals surface area contributed by atoms with Crippen LogP contribution in [0, 0.1) is 5.41 Å². The van der Waals surface area contributed by atoms with Crippen molar-refractivity contribution < 1.29 is 9.90 Å². The Morgan fingerprint density at radius 3 is 2.81 bits per heavy atom. The third kappa shape index (κ3) is 4.74. The van der Waals surface area contributed by atoms with Crippen LogP contribution in [0.4, 0.5) is 0 Å². The number of hydrogen-bond donors (Lipinski definition) is 2. The molecule has 1 atom stereocenters. The second kappa shape index (κ2) is 6.50. The van der Waals surface area contributed by atoms with E-state index in [1.54, 1.807) is 11.8 Å². The number of amides is 1. The average Bonchev–Trinajstić information content (AvgIpc) is 2.27. The lowest BCUT2D eigenvalue weighted by Crippen LogP contribution is -2.40. The van der Waals surface area contributed by atoms with Crippen molar-refractivity contribution in [1.29, 1.82) is 0 Å². The number of carbonyl (C=O) groups is 1. The zero-order valence-corrected chi connectivity index (χ0v) is 11.1. The molecule has 1 saturated heterocycles. The molecule has 1 aliphatic heterocycles. The van der Waals surface area contributed by atoms with E-state index in [9.17, 15) is 4.79 Å². The van der Waals surface area contributed by atoms with Crippen LogP contribution in [0.25, 0.3) is 0 Å². The van der Waals surface area contributed by atoms with Gasteiger partial charge in [0.25, 0.3) is 0 Å². The van der Waals surface area contributed by atoms with Gasteiger partial charge in [-0.15, -0.1) is 11.8 Å². The molecule has 0 aromatic carbocycles. The highest BCUT2D eigenvalue weighted by atomic mass is 32.2. The molecule has 0 aliphatic carbocycles. The monoisotopic (exact) mass is 245 g/mol. The van der Waals surface area contributed by atoms with Crippen molar-refractivity contribution in [3.63, 3.8) is 0 Å². The van der Waals surface area contributed by atoms with Gasteiger partial charge in [-0.2, -0.15) is 0 Å². The SMILES string of the molecule is CC(C)(CCO)CNC(=O)C1CCCCS1. The van der Waals surface area contributed by atoms with Crippen LogP contribution >= 0.6 is 11.8 Å². The maximum absolute atomic E-state index is 11.9. The Kier molecular flexibility index (Phi) is 5.62. The summed E-state index contributed by atoms with van der Waals surface area (Å²) in [6.45, 7) is 4.97. The highest BCUT2D eigenvalue weighted by Gasteiger charge is 2.24. The minimum Gasteiger partial charge on any atom is -0.396 e. The molecule has 0 spiro atoms. The predicted molar refractivity (Wildman–Crippen MR) is 68.6 cm³/mol. The molecule has 0 radical (unpaired) electrons. The maximum atomic E-state index is 11.9. The fourth-order valence-corrected chi connectivity index (χ4v) is 3.00. The first-order valence-corrected chi connectivity index (χ1v) is 7.10. The van der Waals surface area contributed by atoms with E-state index >= 15 is 0 Å². The van der Waals surface area contributed by atoms with Crippen LogP contribution in [-0.2, 0) is 4.79 Å². The molecule has 1 unspecified atom stereocenters. The molecule has 1 rings (SSSR count). The van der Waals surface area contributed by atoms with Crippen LogP contribution in [0.1, 0.15) is 39.5 Å². The number of thioether (sulfide) groups is 1.